The van der Waals surface area contributed by atoms with Gasteiger partial charge in [-0.1, -0.05) is 40.9 Å². The molecule has 1 aliphatic heterocycles. The van der Waals surface area contributed by atoms with E-state index in [2.05, 4.69) is 26.3 Å². The first kappa shape index (κ1) is 16.0. The molecule has 4 rings (SSSR count). The Morgan fingerprint density at radius 1 is 1.12 bits per heavy atom. The highest BCUT2D eigenvalue weighted by molar-refractivity contribution is 9.10. The minimum absolute atomic E-state index is 0.0494. The van der Waals surface area contributed by atoms with E-state index >= 15 is 0 Å². The first-order valence-corrected chi connectivity index (χ1v) is 9.99. The van der Waals surface area contributed by atoms with Crippen LogP contribution < -0.4 is 10.9 Å². The van der Waals surface area contributed by atoms with Crippen LogP contribution in [0.3, 0.4) is 0 Å². The van der Waals surface area contributed by atoms with Crippen LogP contribution in [0.15, 0.2) is 33.5 Å². The molecule has 1 aromatic heterocycles. The molecule has 2 aromatic rings. The average molecular weight is 408 g/mol. The molecule has 24 heavy (non-hydrogen) atoms. The molecular formula is C17H18BrN3O2S. The predicted molar refractivity (Wildman–Crippen MR) is 99.6 cm³/mol. The molecule has 0 saturated heterocycles. The van der Waals surface area contributed by atoms with E-state index in [0.717, 1.165) is 22.9 Å². The maximum atomic E-state index is 12.7. The molecule has 126 valence electrons. The van der Waals surface area contributed by atoms with Crippen LogP contribution in [0, 0.1) is 0 Å². The second-order valence-corrected chi connectivity index (χ2v) is 8.31. The van der Waals surface area contributed by atoms with Gasteiger partial charge in [-0.3, -0.25) is 19.4 Å². The predicted octanol–water partition coefficient (Wildman–Crippen LogP) is 3.83. The van der Waals surface area contributed by atoms with Gasteiger partial charge in [0.05, 0.1) is 22.6 Å². The van der Waals surface area contributed by atoms with Crippen LogP contribution in [0.4, 0.5) is 5.82 Å². The van der Waals surface area contributed by atoms with Gasteiger partial charge in [-0.2, -0.15) is 0 Å². The first-order chi connectivity index (χ1) is 11.6. The lowest BCUT2D eigenvalue weighted by molar-refractivity contribution is -0.113. The Balaban J connectivity index is 1.83. The molecule has 1 saturated carbocycles. The standard InChI is InChI=1S/C17H18BrN3O2S/c18-11-7-5-10(6-8-11)15-14-16(19-13(22)9-24-15)21(20-17(14)23)12-3-1-2-4-12/h5-8,12,15H,1-4,9H2,(H,19,22)(H,20,23)/t15-/m1/s1. The molecule has 1 aromatic carbocycles. The summed E-state index contributed by atoms with van der Waals surface area (Å²) < 4.78 is 2.90. The fraction of sp³-hybridized carbons (Fsp3) is 0.412. The number of fused-ring (bicyclic) bond motifs is 1. The molecule has 1 amide bonds. The van der Waals surface area contributed by atoms with Crippen LogP contribution in [-0.4, -0.2) is 21.4 Å². The zero-order valence-corrected chi connectivity index (χ0v) is 15.5. The van der Waals surface area contributed by atoms with E-state index in [9.17, 15) is 9.59 Å². The zero-order valence-electron chi connectivity index (χ0n) is 13.0. The van der Waals surface area contributed by atoms with E-state index in [0.29, 0.717) is 17.1 Å². The number of aromatic amines is 1. The molecule has 2 aliphatic rings. The Morgan fingerprint density at radius 3 is 2.54 bits per heavy atom. The lowest BCUT2D eigenvalue weighted by atomic mass is 10.1. The molecular weight excluding hydrogens is 390 g/mol. The van der Waals surface area contributed by atoms with E-state index < -0.39 is 0 Å². The lowest BCUT2D eigenvalue weighted by Crippen LogP contribution is -2.18. The third-order valence-corrected chi connectivity index (χ3v) is 6.53. The number of hydrogen-bond acceptors (Lipinski definition) is 3. The Morgan fingerprint density at radius 2 is 1.83 bits per heavy atom. The van der Waals surface area contributed by atoms with Gasteiger partial charge >= 0.3 is 0 Å². The number of nitrogens with zero attached hydrogens (tertiary/aromatic N) is 1. The number of thioether (sulfide) groups is 1. The highest BCUT2D eigenvalue weighted by Crippen LogP contribution is 2.42. The number of rotatable bonds is 2. The quantitative estimate of drug-likeness (QED) is 0.794. The van der Waals surface area contributed by atoms with Gasteiger partial charge in [0.2, 0.25) is 5.91 Å². The van der Waals surface area contributed by atoms with Crippen molar-refractivity contribution in [3.05, 3.63) is 50.2 Å². The van der Waals surface area contributed by atoms with Gasteiger partial charge in [-0.25, -0.2) is 0 Å². The molecule has 2 heterocycles. The number of nitrogens with one attached hydrogen (secondary N) is 2. The van der Waals surface area contributed by atoms with Gasteiger partial charge in [0, 0.05) is 4.47 Å². The summed E-state index contributed by atoms with van der Waals surface area (Å²) in [6, 6.07) is 8.23. The van der Waals surface area contributed by atoms with Crippen molar-refractivity contribution < 1.29 is 4.79 Å². The van der Waals surface area contributed by atoms with Crippen molar-refractivity contribution in [3.63, 3.8) is 0 Å². The fourth-order valence-corrected chi connectivity index (χ4v) is 4.97. The lowest BCUT2D eigenvalue weighted by Gasteiger charge is -2.16. The van der Waals surface area contributed by atoms with Crippen molar-refractivity contribution >= 4 is 39.4 Å². The van der Waals surface area contributed by atoms with Crippen LogP contribution in [0.1, 0.15) is 48.1 Å². The second kappa shape index (κ2) is 6.44. The summed E-state index contributed by atoms with van der Waals surface area (Å²) >= 11 is 4.95. The molecule has 1 fully saturated rings. The van der Waals surface area contributed by atoms with Crippen molar-refractivity contribution in [2.45, 2.75) is 37.0 Å². The molecule has 0 radical (unpaired) electrons. The first-order valence-electron chi connectivity index (χ1n) is 8.15. The van der Waals surface area contributed by atoms with Gasteiger partial charge in [0.1, 0.15) is 5.82 Å². The monoisotopic (exact) mass is 407 g/mol. The zero-order chi connectivity index (χ0) is 16.7. The van der Waals surface area contributed by atoms with Gasteiger partial charge < -0.3 is 5.32 Å². The number of carbonyl (C=O) groups excluding carboxylic acids is 1. The van der Waals surface area contributed by atoms with Gasteiger partial charge in [-0.05, 0) is 30.5 Å². The Hall–Kier alpha value is -1.47. The van der Waals surface area contributed by atoms with Gasteiger partial charge in [-0.15, -0.1) is 11.8 Å². The number of benzene rings is 1. The topological polar surface area (TPSA) is 66.9 Å². The summed E-state index contributed by atoms with van der Waals surface area (Å²) in [5.41, 5.74) is 1.61. The maximum Gasteiger partial charge on any atom is 0.270 e. The number of anilines is 1. The van der Waals surface area contributed by atoms with Crippen LogP contribution in [0.2, 0.25) is 0 Å². The Bertz CT molecular complexity index is 821. The highest BCUT2D eigenvalue weighted by Gasteiger charge is 2.32. The highest BCUT2D eigenvalue weighted by atomic mass is 79.9. The summed E-state index contributed by atoms with van der Waals surface area (Å²) in [5, 5.41) is 5.80. The molecule has 0 unspecified atom stereocenters. The summed E-state index contributed by atoms with van der Waals surface area (Å²) in [4.78, 5) is 24.9. The van der Waals surface area contributed by atoms with Crippen molar-refractivity contribution in [1.82, 2.24) is 9.78 Å². The number of hydrogen-bond donors (Lipinski definition) is 2. The number of aromatic nitrogens is 2. The Kier molecular flexibility index (Phi) is 4.30. The van der Waals surface area contributed by atoms with Gasteiger partial charge in [0.15, 0.2) is 0 Å². The van der Waals surface area contributed by atoms with Crippen LogP contribution in [-0.2, 0) is 4.79 Å². The van der Waals surface area contributed by atoms with Crippen molar-refractivity contribution in [1.29, 1.82) is 0 Å². The smallest absolute Gasteiger partial charge is 0.270 e. The minimum Gasteiger partial charge on any atom is -0.310 e. The van der Waals surface area contributed by atoms with Gasteiger partial charge in [0.25, 0.3) is 5.56 Å². The van der Waals surface area contributed by atoms with Crippen LogP contribution in [0.5, 0.6) is 0 Å². The third-order valence-electron chi connectivity index (χ3n) is 4.73. The number of amides is 1. The van der Waals surface area contributed by atoms with E-state index in [1.165, 1.54) is 24.6 Å². The van der Waals surface area contributed by atoms with E-state index in [1.54, 1.807) is 0 Å². The number of carbonyl (C=O) groups is 1. The van der Waals surface area contributed by atoms with Crippen molar-refractivity contribution in [3.8, 4) is 0 Å². The largest absolute Gasteiger partial charge is 0.310 e. The van der Waals surface area contributed by atoms with E-state index in [1.807, 2.05) is 28.9 Å². The van der Waals surface area contributed by atoms with Crippen LogP contribution >= 0.6 is 27.7 Å². The molecule has 1 aliphatic carbocycles. The molecule has 7 heteroatoms. The number of H-pyrrole nitrogens is 1. The average Bonchev–Trinajstić information content (AvgIpc) is 3.15. The molecule has 1 atom stereocenters. The van der Waals surface area contributed by atoms with Crippen molar-refractivity contribution in [2.75, 3.05) is 11.1 Å². The maximum absolute atomic E-state index is 12.7. The van der Waals surface area contributed by atoms with Crippen LogP contribution in [0.25, 0.3) is 0 Å². The molecule has 0 spiro atoms. The summed E-state index contributed by atoms with van der Waals surface area (Å²) in [7, 11) is 0. The summed E-state index contributed by atoms with van der Waals surface area (Å²) in [6.45, 7) is 0. The van der Waals surface area contributed by atoms with E-state index in [-0.39, 0.29) is 22.8 Å². The van der Waals surface area contributed by atoms with Crippen molar-refractivity contribution in [2.24, 2.45) is 0 Å². The number of halogens is 1. The second-order valence-electron chi connectivity index (χ2n) is 6.30. The molecule has 0 bridgehead atoms. The summed E-state index contributed by atoms with van der Waals surface area (Å²) in [5.74, 6) is 0.959. The fourth-order valence-electron chi connectivity index (χ4n) is 3.58. The minimum atomic E-state index is -0.140. The van der Waals surface area contributed by atoms with E-state index in [4.69, 9.17) is 0 Å². The SMILES string of the molecule is O=C1CS[C@H](c2ccc(Br)cc2)c2c(n(C3CCCC3)[nH]c2=O)N1. The normalized spacial score (nSPS) is 21.4. The third kappa shape index (κ3) is 2.84. The molecule has 5 nitrogen and oxygen atoms in total. The molecule has 2 N–H and O–H groups in total. The Labute approximate surface area is 152 Å². The summed E-state index contributed by atoms with van der Waals surface area (Å²) in [6.07, 6.45) is 4.42.